The van der Waals surface area contributed by atoms with E-state index in [4.69, 9.17) is 4.74 Å². The largest absolute Gasteiger partial charge is 0.381 e. The van der Waals surface area contributed by atoms with Crippen LogP contribution in [0.4, 0.5) is 0 Å². The predicted octanol–water partition coefficient (Wildman–Crippen LogP) is 2.20. The first-order valence-electron chi connectivity index (χ1n) is 6.84. The molecule has 1 fully saturated rings. The van der Waals surface area contributed by atoms with Gasteiger partial charge in [0.05, 0.1) is 6.07 Å². The maximum Gasteiger partial charge on any atom is 0.242 e. The molecule has 0 aromatic rings. The molecule has 1 heterocycles. The van der Waals surface area contributed by atoms with Crippen LogP contribution in [0.2, 0.25) is 0 Å². The van der Waals surface area contributed by atoms with E-state index in [1.807, 2.05) is 20.9 Å². The fraction of sp³-hybridized carbons (Fsp3) is 0.857. The highest BCUT2D eigenvalue weighted by molar-refractivity contribution is 5.85. The third-order valence-corrected chi connectivity index (χ3v) is 4.05. The topological polar surface area (TPSA) is 53.3 Å². The zero-order chi connectivity index (χ0) is 13.6. The average molecular weight is 252 g/mol. The van der Waals surface area contributed by atoms with Crippen LogP contribution in [0.5, 0.6) is 0 Å². The lowest BCUT2D eigenvalue weighted by Gasteiger charge is -2.32. The second-order valence-corrected chi connectivity index (χ2v) is 5.14. The van der Waals surface area contributed by atoms with Gasteiger partial charge in [0.2, 0.25) is 5.91 Å². The molecule has 4 nitrogen and oxygen atoms in total. The maximum absolute atomic E-state index is 12.4. The van der Waals surface area contributed by atoms with E-state index < -0.39 is 5.41 Å². The quantitative estimate of drug-likeness (QED) is 0.753. The van der Waals surface area contributed by atoms with Crippen molar-refractivity contribution in [2.24, 2.45) is 11.3 Å². The Morgan fingerprint density at radius 3 is 2.39 bits per heavy atom. The molecule has 0 bridgehead atoms. The Bertz CT molecular complexity index is 312. The summed E-state index contributed by atoms with van der Waals surface area (Å²) >= 11 is 0. The summed E-state index contributed by atoms with van der Waals surface area (Å²) in [6, 6.07) is 2.22. The summed E-state index contributed by atoms with van der Waals surface area (Å²) < 4.78 is 5.32. The fourth-order valence-corrected chi connectivity index (χ4v) is 2.52. The number of rotatable bonds is 5. The van der Waals surface area contributed by atoms with E-state index in [1.165, 1.54) is 0 Å². The molecule has 1 amide bonds. The predicted molar refractivity (Wildman–Crippen MR) is 69.8 cm³/mol. The number of carbonyl (C=O) groups is 1. The number of nitriles is 1. The van der Waals surface area contributed by atoms with E-state index in [-0.39, 0.29) is 5.91 Å². The van der Waals surface area contributed by atoms with Crippen molar-refractivity contribution >= 4 is 5.91 Å². The van der Waals surface area contributed by atoms with Crippen molar-refractivity contribution in [1.29, 1.82) is 5.26 Å². The molecular weight excluding hydrogens is 228 g/mol. The zero-order valence-corrected chi connectivity index (χ0v) is 11.7. The molecule has 102 valence electrons. The molecule has 0 radical (unpaired) electrons. The van der Waals surface area contributed by atoms with E-state index in [0.717, 1.165) is 32.6 Å². The number of nitrogens with zero attached hydrogens (tertiary/aromatic N) is 2. The lowest BCUT2D eigenvalue weighted by Crippen LogP contribution is -2.43. The van der Waals surface area contributed by atoms with Crippen LogP contribution in [0, 0.1) is 22.7 Å². The van der Waals surface area contributed by atoms with Crippen LogP contribution in [0.25, 0.3) is 0 Å². The number of ether oxygens (including phenoxy) is 1. The van der Waals surface area contributed by atoms with Gasteiger partial charge in [0.25, 0.3) is 0 Å². The van der Waals surface area contributed by atoms with Crippen LogP contribution < -0.4 is 0 Å². The lowest BCUT2D eigenvalue weighted by atomic mass is 9.82. The van der Waals surface area contributed by atoms with Crippen molar-refractivity contribution in [3.8, 4) is 6.07 Å². The summed E-state index contributed by atoms with van der Waals surface area (Å²) in [6.45, 7) is 6.14. The summed E-state index contributed by atoms with van der Waals surface area (Å²) in [6.07, 6.45) is 3.18. The highest BCUT2D eigenvalue weighted by atomic mass is 16.5. The van der Waals surface area contributed by atoms with Crippen molar-refractivity contribution in [3.05, 3.63) is 0 Å². The Balaban J connectivity index is 2.62. The van der Waals surface area contributed by atoms with Crippen molar-refractivity contribution in [2.45, 2.75) is 39.5 Å². The Hall–Kier alpha value is -1.08. The van der Waals surface area contributed by atoms with Gasteiger partial charge in [-0.05, 0) is 31.6 Å². The molecule has 0 atom stereocenters. The van der Waals surface area contributed by atoms with Gasteiger partial charge in [0.1, 0.15) is 5.41 Å². The van der Waals surface area contributed by atoms with Gasteiger partial charge in [-0.2, -0.15) is 5.26 Å². The van der Waals surface area contributed by atoms with Gasteiger partial charge in [-0.15, -0.1) is 0 Å². The molecule has 1 aliphatic heterocycles. The Morgan fingerprint density at radius 2 is 1.94 bits per heavy atom. The van der Waals surface area contributed by atoms with E-state index >= 15 is 0 Å². The van der Waals surface area contributed by atoms with Crippen LogP contribution >= 0.6 is 0 Å². The lowest BCUT2D eigenvalue weighted by molar-refractivity contribution is -0.139. The Kier molecular flexibility index (Phi) is 5.61. The van der Waals surface area contributed by atoms with Crippen LogP contribution in [0.3, 0.4) is 0 Å². The van der Waals surface area contributed by atoms with Crippen molar-refractivity contribution < 1.29 is 9.53 Å². The standard InChI is InChI=1S/C14H24N2O2/c1-4-14(5-2,11-15)13(17)16(3)10-12-6-8-18-9-7-12/h12H,4-10H2,1-3H3. The molecule has 0 aromatic heterocycles. The number of hydrogen-bond acceptors (Lipinski definition) is 3. The van der Waals surface area contributed by atoms with E-state index in [1.54, 1.807) is 4.90 Å². The first-order chi connectivity index (χ1) is 8.59. The van der Waals surface area contributed by atoms with E-state index in [9.17, 15) is 10.1 Å². The molecule has 0 saturated carbocycles. The van der Waals surface area contributed by atoms with E-state index in [0.29, 0.717) is 18.8 Å². The number of hydrogen-bond donors (Lipinski definition) is 0. The molecule has 0 unspecified atom stereocenters. The second kappa shape index (κ2) is 6.75. The molecule has 1 rings (SSSR count). The summed E-state index contributed by atoms with van der Waals surface area (Å²) in [5.41, 5.74) is -0.833. The summed E-state index contributed by atoms with van der Waals surface area (Å²) in [4.78, 5) is 14.1. The van der Waals surface area contributed by atoms with Gasteiger partial charge in [-0.1, -0.05) is 13.8 Å². The van der Waals surface area contributed by atoms with Gasteiger partial charge in [0, 0.05) is 26.8 Å². The first-order valence-corrected chi connectivity index (χ1v) is 6.84. The molecule has 0 aromatic carbocycles. The molecule has 1 saturated heterocycles. The summed E-state index contributed by atoms with van der Waals surface area (Å²) in [5, 5.41) is 9.28. The SMILES string of the molecule is CCC(C#N)(CC)C(=O)N(C)CC1CCOCC1. The molecule has 4 heteroatoms. The third-order valence-electron chi connectivity index (χ3n) is 4.05. The van der Waals surface area contributed by atoms with Gasteiger partial charge in [-0.3, -0.25) is 4.79 Å². The zero-order valence-electron chi connectivity index (χ0n) is 11.7. The Labute approximate surface area is 110 Å². The van der Waals surface area contributed by atoms with Gasteiger partial charge < -0.3 is 9.64 Å². The summed E-state index contributed by atoms with van der Waals surface area (Å²) in [5.74, 6) is 0.485. The van der Waals surface area contributed by atoms with Gasteiger partial charge >= 0.3 is 0 Å². The third kappa shape index (κ3) is 3.23. The van der Waals surface area contributed by atoms with Crippen LogP contribution in [-0.2, 0) is 9.53 Å². The normalized spacial score (nSPS) is 17.2. The van der Waals surface area contributed by atoms with Crippen LogP contribution in [-0.4, -0.2) is 37.6 Å². The molecule has 0 N–H and O–H groups in total. The minimum absolute atomic E-state index is 0.0264. The maximum atomic E-state index is 12.4. The monoisotopic (exact) mass is 252 g/mol. The fourth-order valence-electron chi connectivity index (χ4n) is 2.52. The van der Waals surface area contributed by atoms with Crippen LogP contribution in [0.1, 0.15) is 39.5 Å². The van der Waals surface area contributed by atoms with E-state index in [2.05, 4.69) is 6.07 Å². The highest BCUT2D eigenvalue weighted by Gasteiger charge is 2.37. The molecule has 0 aliphatic carbocycles. The average Bonchev–Trinajstić information content (AvgIpc) is 2.42. The molecule has 18 heavy (non-hydrogen) atoms. The smallest absolute Gasteiger partial charge is 0.242 e. The number of amides is 1. The first kappa shape index (κ1) is 15.0. The second-order valence-electron chi connectivity index (χ2n) is 5.14. The number of carbonyl (C=O) groups excluding carboxylic acids is 1. The minimum atomic E-state index is -0.833. The van der Waals surface area contributed by atoms with Gasteiger partial charge in [-0.25, -0.2) is 0 Å². The van der Waals surface area contributed by atoms with Crippen LogP contribution in [0.15, 0.2) is 0 Å². The van der Waals surface area contributed by atoms with Crippen molar-refractivity contribution in [3.63, 3.8) is 0 Å². The van der Waals surface area contributed by atoms with Crippen molar-refractivity contribution in [2.75, 3.05) is 26.8 Å². The Morgan fingerprint density at radius 1 is 1.39 bits per heavy atom. The highest BCUT2D eigenvalue weighted by Crippen LogP contribution is 2.28. The minimum Gasteiger partial charge on any atom is -0.381 e. The molecular formula is C14H24N2O2. The molecule has 0 spiro atoms. The molecule has 1 aliphatic rings. The summed E-state index contributed by atoms with van der Waals surface area (Å²) in [7, 11) is 1.81. The van der Waals surface area contributed by atoms with Crippen molar-refractivity contribution in [1.82, 2.24) is 4.90 Å². The van der Waals surface area contributed by atoms with Gasteiger partial charge in [0.15, 0.2) is 0 Å².